The molecule has 108 valence electrons. The normalized spacial score (nSPS) is 11.3. The van der Waals surface area contributed by atoms with Gasteiger partial charge in [0.1, 0.15) is 5.82 Å². The number of anilines is 1. The summed E-state index contributed by atoms with van der Waals surface area (Å²) in [6, 6.07) is 4.22. The molecule has 0 aliphatic carbocycles. The number of pyridine rings is 1. The van der Waals surface area contributed by atoms with Crippen LogP contribution in [0.25, 0.3) is 5.57 Å². The van der Waals surface area contributed by atoms with Crippen LogP contribution in [0.5, 0.6) is 0 Å². The molecule has 0 aliphatic rings. The average molecular weight is 270 g/mol. The van der Waals surface area contributed by atoms with E-state index in [1.165, 1.54) is 5.56 Å². The van der Waals surface area contributed by atoms with Crippen LogP contribution in [0.4, 0.5) is 5.82 Å². The van der Waals surface area contributed by atoms with E-state index < -0.39 is 0 Å². The molecule has 0 radical (unpaired) electrons. The highest BCUT2D eigenvalue weighted by molar-refractivity contribution is 5.75. The fourth-order valence-corrected chi connectivity index (χ4v) is 2.28. The highest BCUT2D eigenvalue weighted by Crippen LogP contribution is 2.24. The Morgan fingerprint density at radius 3 is 2.50 bits per heavy atom. The van der Waals surface area contributed by atoms with Crippen LogP contribution in [0.3, 0.4) is 0 Å². The summed E-state index contributed by atoms with van der Waals surface area (Å²) in [5.74, 6) is 0.986. The minimum absolute atomic E-state index is 0.907. The lowest BCUT2D eigenvalue weighted by molar-refractivity contribution is 0.829. The molecule has 2 heteroatoms. The molecule has 0 amide bonds. The standard InChI is InChI=1S/C18H26N2/c1-7-13-20(14(5)6)18-12-11-16(15(8-2)9-3)17(10-4)19-18/h8-9,11-12H,2,5,7,10,13H2,1,3-4,6H3/b15-9+. The van der Waals surface area contributed by atoms with Gasteiger partial charge in [0, 0.05) is 17.8 Å². The van der Waals surface area contributed by atoms with Gasteiger partial charge in [0.25, 0.3) is 0 Å². The van der Waals surface area contributed by atoms with E-state index in [-0.39, 0.29) is 0 Å². The maximum Gasteiger partial charge on any atom is 0.132 e. The minimum Gasteiger partial charge on any atom is -0.331 e. The van der Waals surface area contributed by atoms with Gasteiger partial charge < -0.3 is 4.90 Å². The molecular formula is C18H26N2. The summed E-state index contributed by atoms with van der Waals surface area (Å²) in [7, 11) is 0. The maximum atomic E-state index is 4.82. The van der Waals surface area contributed by atoms with Crippen molar-refractivity contribution in [3.63, 3.8) is 0 Å². The van der Waals surface area contributed by atoms with Crippen LogP contribution in [-0.4, -0.2) is 11.5 Å². The number of rotatable bonds is 7. The van der Waals surface area contributed by atoms with Crippen LogP contribution in [0.15, 0.2) is 43.1 Å². The highest BCUT2D eigenvalue weighted by atomic mass is 15.2. The van der Waals surface area contributed by atoms with E-state index in [1.54, 1.807) is 0 Å². The third kappa shape index (κ3) is 3.60. The molecule has 0 unspecified atom stereocenters. The van der Waals surface area contributed by atoms with Gasteiger partial charge in [-0.3, -0.25) is 0 Å². The second kappa shape index (κ2) is 7.68. The Kier molecular flexibility index (Phi) is 6.23. The maximum absolute atomic E-state index is 4.82. The molecule has 0 N–H and O–H groups in total. The fourth-order valence-electron chi connectivity index (χ4n) is 2.28. The third-order valence-electron chi connectivity index (χ3n) is 3.32. The predicted molar refractivity (Wildman–Crippen MR) is 89.9 cm³/mol. The molecule has 1 heterocycles. The highest BCUT2D eigenvalue weighted by Gasteiger charge is 2.11. The van der Waals surface area contributed by atoms with Gasteiger partial charge in [0.15, 0.2) is 0 Å². The molecule has 0 saturated carbocycles. The quantitative estimate of drug-likeness (QED) is 0.649. The molecule has 0 bridgehead atoms. The van der Waals surface area contributed by atoms with Gasteiger partial charge in [-0.05, 0) is 44.4 Å². The predicted octanol–water partition coefficient (Wildman–Crippen LogP) is 4.98. The minimum atomic E-state index is 0.907. The number of allylic oxidation sites excluding steroid dienone is 4. The summed E-state index contributed by atoms with van der Waals surface area (Å²) in [5, 5.41) is 0. The van der Waals surface area contributed by atoms with Crippen LogP contribution >= 0.6 is 0 Å². The number of aryl methyl sites for hydroxylation is 1. The molecule has 1 aromatic heterocycles. The summed E-state index contributed by atoms with van der Waals surface area (Å²) >= 11 is 0. The summed E-state index contributed by atoms with van der Waals surface area (Å²) in [6.45, 7) is 17.2. The van der Waals surface area contributed by atoms with Crippen molar-refractivity contribution in [2.75, 3.05) is 11.4 Å². The Labute approximate surface area is 123 Å². The molecule has 0 aliphatic heterocycles. The molecule has 0 spiro atoms. The van der Waals surface area contributed by atoms with Crippen molar-refractivity contribution in [1.29, 1.82) is 0 Å². The first-order valence-electron chi connectivity index (χ1n) is 7.31. The molecule has 2 nitrogen and oxygen atoms in total. The van der Waals surface area contributed by atoms with Crippen LogP contribution in [-0.2, 0) is 6.42 Å². The summed E-state index contributed by atoms with van der Waals surface area (Å²) in [4.78, 5) is 7.00. The van der Waals surface area contributed by atoms with Crippen molar-refractivity contribution in [2.45, 2.75) is 40.5 Å². The van der Waals surface area contributed by atoms with E-state index in [9.17, 15) is 0 Å². The zero-order valence-electron chi connectivity index (χ0n) is 13.2. The molecule has 20 heavy (non-hydrogen) atoms. The van der Waals surface area contributed by atoms with Crippen LogP contribution in [0.2, 0.25) is 0 Å². The average Bonchev–Trinajstić information content (AvgIpc) is 2.46. The Balaban J connectivity index is 3.27. The van der Waals surface area contributed by atoms with Gasteiger partial charge in [-0.15, -0.1) is 0 Å². The smallest absolute Gasteiger partial charge is 0.132 e. The number of aromatic nitrogens is 1. The molecule has 1 aromatic rings. The molecular weight excluding hydrogens is 244 g/mol. The summed E-state index contributed by atoms with van der Waals surface area (Å²) < 4.78 is 0. The van der Waals surface area contributed by atoms with Gasteiger partial charge in [-0.1, -0.05) is 39.2 Å². The second-order valence-corrected chi connectivity index (χ2v) is 4.85. The van der Waals surface area contributed by atoms with Crippen molar-refractivity contribution < 1.29 is 0 Å². The Hall–Kier alpha value is -1.83. The van der Waals surface area contributed by atoms with E-state index in [4.69, 9.17) is 4.98 Å². The van der Waals surface area contributed by atoms with E-state index in [0.717, 1.165) is 42.2 Å². The second-order valence-electron chi connectivity index (χ2n) is 4.85. The molecule has 1 rings (SSSR count). The lowest BCUT2D eigenvalue weighted by Crippen LogP contribution is -2.22. The molecule has 0 fully saturated rings. The van der Waals surface area contributed by atoms with Crippen molar-refractivity contribution in [1.82, 2.24) is 4.98 Å². The third-order valence-corrected chi connectivity index (χ3v) is 3.32. The topological polar surface area (TPSA) is 16.1 Å². The lowest BCUT2D eigenvalue weighted by atomic mass is 10.0. The first kappa shape index (κ1) is 16.2. The number of hydrogen-bond donors (Lipinski definition) is 0. The SMILES string of the molecule is C=C/C(=C\C)c1ccc(N(CCC)C(=C)C)nc1CC. The van der Waals surface area contributed by atoms with Crippen LogP contribution in [0, 0.1) is 0 Å². The van der Waals surface area contributed by atoms with Gasteiger partial charge in [0.05, 0.1) is 5.69 Å². The molecule has 0 atom stereocenters. The fraction of sp³-hybridized carbons (Fsp3) is 0.389. The van der Waals surface area contributed by atoms with Gasteiger partial charge >= 0.3 is 0 Å². The Morgan fingerprint density at radius 2 is 2.05 bits per heavy atom. The largest absolute Gasteiger partial charge is 0.331 e. The summed E-state index contributed by atoms with van der Waals surface area (Å²) in [5.41, 5.74) is 4.45. The lowest BCUT2D eigenvalue weighted by Gasteiger charge is -2.24. The van der Waals surface area contributed by atoms with Crippen LogP contribution < -0.4 is 4.90 Å². The molecule has 0 aromatic carbocycles. The Morgan fingerprint density at radius 1 is 1.35 bits per heavy atom. The number of nitrogens with zero attached hydrogens (tertiary/aromatic N) is 2. The van der Waals surface area contributed by atoms with Gasteiger partial charge in [-0.25, -0.2) is 4.98 Å². The van der Waals surface area contributed by atoms with Crippen molar-refractivity contribution >= 4 is 11.4 Å². The van der Waals surface area contributed by atoms with E-state index >= 15 is 0 Å². The Bertz CT molecular complexity index is 512. The van der Waals surface area contributed by atoms with Crippen molar-refractivity contribution in [3.05, 3.63) is 54.4 Å². The zero-order chi connectivity index (χ0) is 15.1. The van der Waals surface area contributed by atoms with Crippen molar-refractivity contribution in [2.24, 2.45) is 0 Å². The van der Waals surface area contributed by atoms with E-state index in [0.29, 0.717) is 0 Å². The van der Waals surface area contributed by atoms with E-state index in [2.05, 4.69) is 50.1 Å². The zero-order valence-corrected chi connectivity index (χ0v) is 13.2. The van der Waals surface area contributed by atoms with Crippen LogP contribution in [0.1, 0.15) is 45.4 Å². The van der Waals surface area contributed by atoms with E-state index in [1.807, 2.05) is 19.9 Å². The van der Waals surface area contributed by atoms with Crippen molar-refractivity contribution in [3.8, 4) is 0 Å². The summed E-state index contributed by atoms with van der Waals surface area (Å²) in [6.07, 6.45) is 5.94. The molecule has 0 saturated heterocycles. The van der Waals surface area contributed by atoms with Gasteiger partial charge in [0.2, 0.25) is 0 Å². The first-order valence-corrected chi connectivity index (χ1v) is 7.31. The first-order chi connectivity index (χ1) is 9.58. The number of hydrogen-bond acceptors (Lipinski definition) is 2. The van der Waals surface area contributed by atoms with Gasteiger partial charge in [-0.2, -0.15) is 0 Å². The monoisotopic (exact) mass is 270 g/mol.